The summed E-state index contributed by atoms with van der Waals surface area (Å²) in [6.07, 6.45) is 6.82. The Morgan fingerprint density at radius 2 is 2.44 bits per heavy atom. The van der Waals surface area contributed by atoms with E-state index >= 15 is 0 Å². The van der Waals surface area contributed by atoms with Gasteiger partial charge in [-0.25, -0.2) is 4.98 Å². The van der Waals surface area contributed by atoms with Gasteiger partial charge in [0.25, 0.3) is 0 Å². The van der Waals surface area contributed by atoms with Crippen molar-refractivity contribution in [3.8, 4) is 0 Å². The van der Waals surface area contributed by atoms with Crippen LogP contribution in [0.4, 0.5) is 0 Å². The number of nitrogens with zero attached hydrogens (tertiary/aromatic N) is 2. The molecule has 1 aromatic rings. The molecule has 2 saturated heterocycles. The fourth-order valence-corrected chi connectivity index (χ4v) is 3.08. The van der Waals surface area contributed by atoms with E-state index in [-0.39, 0.29) is 11.6 Å². The first kappa shape index (κ1) is 12.1. The number of aromatic nitrogens is 2. The van der Waals surface area contributed by atoms with Crippen LogP contribution >= 0.6 is 0 Å². The fraction of sp³-hybridized carbons (Fsp3) is 0.769. The van der Waals surface area contributed by atoms with Gasteiger partial charge in [0, 0.05) is 32.9 Å². The SMILES string of the molecule is Cn1cnc(C(N)C2CCOC3(CCOC3)C2)c1. The molecule has 0 radical (unpaired) electrons. The van der Waals surface area contributed by atoms with Crippen LogP contribution in [-0.2, 0) is 16.5 Å². The summed E-state index contributed by atoms with van der Waals surface area (Å²) in [5.41, 5.74) is 7.27. The normalized spacial score (nSPS) is 34.0. The number of imidazole rings is 1. The standard InChI is InChI=1S/C13H21N3O2/c1-16-7-11(15-9-16)12(14)10-2-4-18-13(6-10)3-5-17-8-13/h7,9-10,12H,2-6,8,14H2,1H3. The van der Waals surface area contributed by atoms with Crippen LogP contribution in [-0.4, -0.2) is 35.0 Å². The van der Waals surface area contributed by atoms with Crippen LogP contribution in [0.1, 0.15) is 31.0 Å². The summed E-state index contributed by atoms with van der Waals surface area (Å²) >= 11 is 0. The minimum absolute atomic E-state index is 0.00701. The summed E-state index contributed by atoms with van der Waals surface area (Å²) in [4.78, 5) is 4.37. The Kier molecular flexibility index (Phi) is 3.13. The molecule has 3 atom stereocenters. The third kappa shape index (κ3) is 2.18. The molecule has 0 aromatic carbocycles. The fourth-order valence-electron chi connectivity index (χ4n) is 3.08. The number of aryl methyl sites for hydroxylation is 1. The van der Waals surface area contributed by atoms with Gasteiger partial charge in [-0.1, -0.05) is 0 Å². The first-order chi connectivity index (χ1) is 8.69. The zero-order chi connectivity index (χ0) is 12.6. The molecule has 3 unspecified atom stereocenters. The van der Waals surface area contributed by atoms with Crippen molar-refractivity contribution < 1.29 is 9.47 Å². The number of nitrogens with two attached hydrogens (primary N) is 1. The summed E-state index contributed by atoms with van der Waals surface area (Å²) in [6, 6.07) is 0.00701. The number of hydrogen-bond acceptors (Lipinski definition) is 4. The lowest BCUT2D eigenvalue weighted by atomic mass is 9.80. The molecule has 3 rings (SSSR count). The highest BCUT2D eigenvalue weighted by molar-refractivity contribution is 5.06. The highest BCUT2D eigenvalue weighted by atomic mass is 16.6. The van der Waals surface area contributed by atoms with E-state index in [1.54, 1.807) is 0 Å². The summed E-state index contributed by atoms with van der Waals surface area (Å²) in [5.74, 6) is 0.440. The van der Waals surface area contributed by atoms with Gasteiger partial charge >= 0.3 is 0 Å². The van der Waals surface area contributed by atoms with Gasteiger partial charge in [0.05, 0.1) is 30.3 Å². The Balaban J connectivity index is 1.72. The second kappa shape index (κ2) is 4.64. The zero-order valence-electron chi connectivity index (χ0n) is 10.8. The first-order valence-corrected chi connectivity index (χ1v) is 6.64. The van der Waals surface area contributed by atoms with Crippen LogP contribution in [0, 0.1) is 5.92 Å². The van der Waals surface area contributed by atoms with Gasteiger partial charge in [-0.15, -0.1) is 0 Å². The largest absolute Gasteiger partial charge is 0.378 e. The average Bonchev–Trinajstić information content (AvgIpc) is 2.98. The van der Waals surface area contributed by atoms with Crippen LogP contribution in [0.2, 0.25) is 0 Å². The summed E-state index contributed by atoms with van der Waals surface area (Å²) in [7, 11) is 1.97. The van der Waals surface area contributed by atoms with Gasteiger partial charge in [-0.3, -0.25) is 0 Å². The van der Waals surface area contributed by atoms with Crippen molar-refractivity contribution in [2.45, 2.75) is 30.9 Å². The maximum Gasteiger partial charge on any atom is 0.0947 e. The van der Waals surface area contributed by atoms with Crippen LogP contribution < -0.4 is 5.73 Å². The molecule has 2 aliphatic heterocycles. The topological polar surface area (TPSA) is 62.3 Å². The lowest BCUT2D eigenvalue weighted by molar-refractivity contribution is -0.101. The Morgan fingerprint density at radius 1 is 1.56 bits per heavy atom. The van der Waals surface area contributed by atoms with E-state index in [4.69, 9.17) is 15.2 Å². The number of ether oxygens (including phenoxy) is 2. The predicted octanol–water partition coefficient (Wildman–Crippen LogP) is 1.01. The molecule has 1 spiro atoms. The zero-order valence-corrected chi connectivity index (χ0v) is 10.8. The van der Waals surface area contributed by atoms with Crippen LogP contribution in [0.3, 0.4) is 0 Å². The highest BCUT2D eigenvalue weighted by Crippen LogP contribution is 2.39. The van der Waals surface area contributed by atoms with Gasteiger partial charge in [0.2, 0.25) is 0 Å². The third-order valence-electron chi connectivity index (χ3n) is 4.17. The summed E-state index contributed by atoms with van der Waals surface area (Å²) in [6.45, 7) is 2.32. The Hall–Kier alpha value is -0.910. The second-order valence-corrected chi connectivity index (χ2v) is 5.58. The Labute approximate surface area is 107 Å². The van der Waals surface area contributed by atoms with Gasteiger partial charge < -0.3 is 19.8 Å². The average molecular weight is 251 g/mol. The van der Waals surface area contributed by atoms with Crippen molar-refractivity contribution in [3.63, 3.8) is 0 Å². The Morgan fingerprint density at radius 3 is 3.11 bits per heavy atom. The van der Waals surface area contributed by atoms with Gasteiger partial charge in [-0.05, 0) is 18.8 Å². The molecule has 0 aliphatic carbocycles. The van der Waals surface area contributed by atoms with E-state index in [0.29, 0.717) is 5.92 Å². The van der Waals surface area contributed by atoms with Crippen molar-refractivity contribution in [3.05, 3.63) is 18.2 Å². The van der Waals surface area contributed by atoms with E-state index in [9.17, 15) is 0 Å². The molecule has 3 heterocycles. The van der Waals surface area contributed by atoms with E-state index in [0.717, 1.165) is 44.8 Å². The van der Waals surface area contributed by atoms with Crippen molar-refractivity contribution >= 4 is 0 Å². The monoisotopic (exact) mass is 251 g/mol. The van der Waals surface area contributed by atoms with Gasteiger partial charge in [0.1, 0.15) is 0 Å². The number of rotatable bonds is 2. The van der Waals surface area contributed by atoms with E-state index in [1.165, 1.54) is 0 Å². The van der Waals surface area contributed by atoms with Crippen molar-refractivity contribution in [1.82, 2.24) is 9.55 Å². The summed E-state index contributed by atoms with van der Waals surface area (Å²) in [5, 5.41) is 0. The van der Waals surface area contributed by atoms with Gasteiger partial charge in [-0.2, -0.15) is 0 Å². The smallest absolute Gasteiger partial charge is 0.0947 e. The molecule has 2 N–H and O–H groups in total. The van der Waals surface area contributed by atoms with Crippen LogP contribution in [0.5, 0.6) is 0 Å². The quantitative estimate of drug-likeness (QED) is 0.852. The molecule has 100 valence electrons. The third-order valence-corrected chi connectivity index (χ3v) is 4.17. The molecule has 18 heavy (non-hydrogen) atoms. The first-order valence-electron chi connectivity index (χ1n) is 6.64. The molecule has 5 nitrogen and oxygen atoms in total. The molecule has 2 fully saturated rings. The maximum atomic E-state index is 6.36. The second-order valence-electron chi connectivity index (χ2n) is 5.58. The predicted molar refractivity (Wildman–Crippen MR) is 67.0 cm³/mol. The highest BCUT2D eigenvalue weighted by Gasteiger charge is 2.42. The molecule has 0 amide bonds. The minimum Gasteiger partial charge on any atom is -0.378 e. The molecule has 1 aromatic heterocycles. The lowest BCUT2D eigenvalue weighted by Gasteiger charge is -2.39. The van der Waals surface area contributed by atoms with Crippen LogP contribution in [0.25, 0.3) is 0 Å². The molecule has 0 saturated carbocycles. The maximum absolute atomic E-state index is 6.36. The lowest BCUT2D eigenvalue weighted by Crippen LogP contribution is -2.43. The minimum atomic E-state index is -0.0741. The van der Waals surface area contributed by atoms with E-state index in [1.807, 2.05) is 24.1 Å². The molecular weight excluding hydrogens is 230 g/mol. The van der Waals surface area contributed by atoms with Crippen molar-refractivity contribution in [2.24, 2.45) is 18.7 Å². The number of hydrogen-bond donors (Lipinski definition) is 1. The molecular formula is C13H21N3O2. The molecule has 5 heteroatoms. The Bertz CT molecular complexity index is 412. The van der Waals surface area contributed by atoms with Crippen LogP contribution in [0.15, 0.2) is 12.5 Å². The van der Waals surface area contributed by atoms with Gasteiger partial charge in [0.15, 0.2) is 0 Å². The van der Waals surface area contributed by atoms with E-state index in [2.05, 4.69) is 4.98 Å². The van der Waals surface area contributed by atoms with Crippen molar-refractivity contribution in [1.29, 1.82) is 0 Å². The van der Waals surface area contributed by atoms with E-state index < -0.39 is 0 Å². The van der Waals surface area contributed by atoms with Crippen molar-refractivity contribution in [2.75, 3.05) is 19.8 Å². The summed E-state index contributed by atoms with van der Waals surface area (Å²) < 4.78 is 13.4. The molecule has 2 aliphatic rings. The molecule has 0 bridgehead atoms.